The fourth-order valence-corrected chi connectivity index (χ4v) is 4.20. The summed E-state index contributed by atoms with van der Waals surface area (Å²) in [7, 11) is 1.87. The number of nitrogens with zero attached hydrogens (tertiary/aromatic N) is 4. The fourth-order valence-electron chi connectivity index (χ4n) is 3.24. The SMILES string of the molecule is Cc1ccsc1CN(C)C(=O)c1cc(C2CC2)nc2c1cnn2C(C)C. The molecule has 0 atom stereocenters. The number of carbonyl (C=O) groups is 1. The molecule has 0 aliphatic heterocycles. The van der Waals surface area contributed by atoms with Crippen LogP contribution in [0, 0.1) is 6.92 Å². The predicted molar refractivity (Wildman–Crippen MR) is 105 cm³/mol. The molecule has 3 heterocycles. The molecule has 1 fully saturated rings. The fraction of sp³-hybridized carbons (Fsp3) is 0.450. The second-order valence-corrected chi connectivity index (χ2v) is 8.48. The van der Waals surface area contributed by atoms with Crippen LogP contribution in [0.1, 0.15) is 65.1 Å². The van der Waals surface area contributed by atoms with Crippen LogP contribution in [0.5, 0.6) is 0 Å². The van der Waals surface area contributed by atoms with Gasteiger partial charge in [0, 0.05) is 29.6 Å². The van der Waals surface area contributed by atoms with Crippen LogP contribution in [0.3, 0.4) is 0 Å². The Morgan fingerprint density at radius 1 is 1.42 bits per heavy atom. The van der Waals surface area contributed by atoms with E-state index in [1.807, 2.05) is 17.8 Å². The van der Waals surface area contributed by atoms with Crippen LogP contribution in [0.15, 0.2) is 23.7 Å². The highest BCUT2D eigenvalue weighted by atomic mass is 32.1. The van der Waals surface area contributed by atoms with Gasteiger partial charge < -0.3 is 4.90 Å². The number of aryl methyl sites for hydroxylation is 1. The zero-order valence-electron chi connectivity index (χ0n) is 15.7. The molecular weight excluding hydrogens is 344 g/mol. The van der Waals surface area contributed by atoms with Gasteiger partial charge in [0.2, 0.25) is 0 Å². The van der Waals surface area contributed by atoms with E-state index in [9.17, 15) is 4.79 Å². The van der Waals surface area contributed by atoms with Gasteiger partial charge in [0.15, 0.2) is 5.65 Å². The number of carbonyl (C=O) groups excluding carboxylic acids is 1. The van der Waals surface area contributed by atoms with Crippen molar-refractivity contribution in [3.63, 3.8) is 0 Å². The van der Waals surface area contributed by atoms with E-state index in [0.717, 1.165) is 35.1 Å². The first-order valence-electron chi connectivity index (χ1n) is 9.12. The normalized spacial score (nSPS) is 14.3. The van der Waals surface area contributed by atoms with Crippen molar-refractivity contribution in [1.29, 1.82) is 0 Å². The lowest BCUT2D eigenvalue weighted by Gasteiger charge is -2.18. The van der Waals surface area contributed by atoms with Gasteiger partial charge in [-0.3, -0.25) is 4.79 Å². The van der Waals surface area contributed by atoms with E-state index in [0.29, 0.717) is 12.5 Å². The minimum absolute atomic E-state index is 0.0374. The van der Waals surface area contributed by atoms with E-state index in [4.69, 9.17) is 4.98 Å². The Bertz CT molecular complexity index is 968. The third-order valence-corrected chi connectivity index (χ3v) is 6.01. The van der Waals surface area contributed by atoms with Gasteiger partial charge in [-0.2, -0.15) is 5.10 Å². The molecule has 136 valence electrons. The number of amides is 1. The molecule has 1 aliphatic rings. The lowest BCUT2D eigenvalue weighted by molar-refractivity contribution is 0.0788. The maximum Gasteiger partial charge on any atom is 0.254 e. The van der Waals surface area contributed by atoms with Gasteiger partial charge >= 0.3 is 0 Å². The zero-order valence-corrected chi connectivity index (χ0v) is 16.5. The molecule has 0 N–H and O–H groups in total. The monoisotopic (exact) mass is 368 g/mol. The van der Waals surface area contributed by atoms with E-state index in [1.54, 1.807) is 22.4 Å². The molecule has 6 heteroatoms. The lowest BCUT2D eigenvalue weighted by atomic mass is 10.1. The largest absolute Gasteiger partial charge is 0.337 e. The molecule has 0 unspecified atom stereocenters. The standard InChI is InChI=1S/C20H24N4OS/c1-12(2)24-19-16(10-21-24)15(9-17(22-19)14-5-6-14)20(25)23(4)11-18-13(3)7-8-26-18/h7-10,12,14H,5-6,11H2,1-4H3. The van der Waals surface area contributed by atoms with Crippen LogP contribution < -0.4 is 0 Å². The number of aromatic nitrogens is 3. The van der Waals surface area contributed by atoms with Gasteiger partial charge in [-0.1, -0.05) is 0 Å². The van der Waals surface area contributed by atoms with Crippen molar-refractivity contribution in [3.8, 4) is 0 Å². The first-order chi connectivity index (χ1) is 12.5. The van der Waals surface area contributed by atoms with Crippen molar-refractivity contribution in [1.82, 2.24) is 19.7 Å². The first kappa shape index (κ1) is 17.2. The highest BCUT2D eigenvalue weighted by molar-refractivity contribution is 7.10. The van der Waals surface area contributed by atoms with Crippen LogP contribution in [0.4, 0.5) is 0 Å². The molecule has 0 bridgehead atoms. The van der Waals surface area contributed by atoms with Gasteiger partial charge in [-0.15, -0.1) is 11.3 Å². The van der Waals surface area contributed by atoms with Gasteiger partial charge in [0.05, 0.1) is 23.7 Å². The Hall–Kier alpha value is -2.21. The number of pyridine rings is 1. The van der Waals surface area contributed by atoms with Gasteiger partial charge in [-0.05, 0) is 56.7 Å². The molecule has 0 radical (unpaired) electrons. The Morgan fingerprint density at radius 3 is 2.81 bits per heavy atom. The maximum absolute atomic E-state index is 13.2. The Labute approximate surface area is 157 Å². The number of fused-ring (bicyclic) bond motifs is 1. The predicted octanol–water partition coefficient (Wildman–Crippen LogP) is 4.53. The molecule has 3 aromatic heterocycles. The van der Waals surface area contributed by atoms with Crippen molar-refractivity contribution in [2.75, 3.05) is 7.05 Å². The summed E-state index contributed by atoms with van der Waals surface area (Å²) in [5.41, 5.74) is 3.82. The highest BCUT2D eigenvalue weighted by Crippen LogP contribution is 2.40. The van der Waals surface area contributed by atoms with E-state index in [1.165, 1.54) is 10.4 Å². The average Bonchev–Trinajstić information content (AvgIpc) is 3.26. The third kappa shape index (κ3) is 3.03. The minimum atomic E-state index is 0.0374. The summed E-state index contributed by atoms with van der Waals surface area (Å²) in [6, 6.07) is 4.30. The van der Waals surface area contributed by atoms with E-state index in [-0.39, 0.29) is 11.9 Å². The molecular formula is C20H24N4OS. The first-order valence-corrected chi connectivity index (χ1v) is 10.00. The molecule has 3 aromatic rings. The summed E-state index contributed by atoms with van der Waals surface area (Å²) < 4.78 is 1.92. The maximum atomic E-state index is 13.2. The van der Waals surface area contributed by atoms with Crippen molar-refractivity contribution < 1.29 is 4.79 Å². The number of hydrogen-bond acceptors (Lipinski definition) is 4. The summed E-state index contributed by atoms with van der Waals surface area (Å²) in [6.07, 6.45) is 4.11. The quantitative estimate of drug-likeness (QED) is 0.665. The second kappa shape index (κ2) is 6.50. The number of hydrogen-bond donors (Lipinski definition) is 0. The minimum Gasteiger partial charge on any atom is -0.337 e. The molecule has 1 amide bonds. The Kier molecular flexibility index (Phi) is 4.31. The highest BCUT2D eigenvalue weighted by Gasteiger charge is 2.29. The molecule has 5 nitrogen and oxygen atoms in total. The van der Waals surface area contributed by atoms with Crippen molar-refractivity contribution >= 4 is 28.3 Å². The van der Waals surface area contributed by atoms with E-state index in [2.05, 4.69) is 37.3 Å². The van der Waals surface area contributed by atoms with Crippen molar-refractivity contribution in [3.05, 3.63) is 45.4 Å². The molecule has 0 spiro atoms. The van der Waals surface area contributed by atoms with Gasteiger partial charge in [0.25, 0.3) is 5.91 Å². The van der Waals surface area contributed by atoms with Gasteiger partial charge in [0.1, 0.15) is 0 Å². The second-order valence-electron chi connectivity index (χ2n) is 7.48. The number of thiophene rings is 1. The zero-order chi connectivity index (χ0) is 18.4. The van der Waals surface area contributed by atoms with Crippen molar-refractivity contribution in [2.24, 2.45) is 0 Å². The summed E-state index contributed by atoms with van der Waals surface area (Å²) in [5, 5.41) is 7.42. The van der Waals surface area contributed by atoms with E-state index < -0.39 is 0 Å². The van der Waals surface area contributed by atoms with Crippen LogP contribution in [-0.4, -0.2) is 32.6 Å². The topological polar surface area (TPSA) is 51.0 Å². The summed E-state index contributed by atoms with van der Waals surface area (Å²) >= 11 is 1.70. The van der Waals surface area contributed by atoms with Gasteiger partial charge in [-0.25, -0.2) is 9.67 Å². The third-order valence-electron chi connectivity index (χ3n) is 5.00. The van der Waals surface area contributed by atoms with Crippen LogP contribution in [0.25, 0.3) is 11.0 Å². The molecule has 1 saturated carbocycles. The Morgan fingerprint density at radius 2 is 2.19 bits per heavy atom. The summed E-state index contributed by atoms with van der Waals surface area (Å²) in [4.78, 5) is 21.1. The molecule has 4 rings (SSSR count). The summed E-state index contributed by atoms with van der Waals surface area (Å²) in [6.45, 7) is 6.89. The number of rotatable bonds is 5. The Balaban J connectivity index is 1.74. The lowest BCUT2D eigenvalue weighted by Crippen LogP contribution is -2.26. The van der Waals surface area contributed by atoms with Crippen LogP contribution >= 0.6 is 11.3 Å². The molecule has 1 aliphatic carbocycles. The van der Waals surface area contributed by atoms with Crippen LogP contribution in [-0.2, 0) is 6.54 Å². The van der Waals surface area contributed by atoms with E-state index >= 15 is 0 Å². The van der Waals surface area contributed by atoms with Crippen LogP contribution in [0.2, 0.25) is 0 Å². The molecule has 0 aromatic carbocycles. The smallest absolute Gasteiger partial charge is 0.254 e. The average molecular weight is 369 g/mol. The molecule has 0 saturated heterocycles. The summed E-state index contributed by atoms with van der Waals surface area (Å²) in [5.74, 6) is 0.529. The molecule has 26 heavy (non-hydrogen) atoms. The van der Waals surface area contributed by atoms with Crippen molar-refractivity contribution in [2.45, 2.75) is 52.1 Å².